The number of carbonyl (C=O) groups excluding carboxylic acids is 1. The highest BCUT2D eigenvalue weighted by Crippen LogP contribution is 2.11. The fourth-order valence-electron chi connectivity index (χ4n) is 1.18. The summed E-state index contributed by atoms with van der Waals surface area (Å²) < 4.78 is 5.13. The van der Waals surface area contributed by atoms with E-state index in [2.05, 4.69) is 25.6 Å². The highest BCUT2D eigenvalue weighted by atomic mass is 35.5. The summed E-state index contributed by atoms with van der Waals surface area (Å²) in [6.45, 7) is 5.16. The number of aromatic nitrogens is 3. The van der Waals surface area contributed by atoms with Crippen molar-refractivity contribution in [3.05, 3.63) is 5.28 Å². The van der Waals surface area contributed by atoms with Gasteiger partial charge >= 0.3 is 6.01 Å². The second kappa shape index (κ2) is 7.65. The van der Waals surface area contributed by atoms with E-state index in [0.717, 1.165) is 0 Å². The van der Waals surface area contributed by atoms with Crippen molar-refractivity contribution in [2.45, 2.75) is 20.3 Å². The van der Waals surface area contributed by atoms with Gasteiger partial charge in [0.1, 0.15) is 0 Å². The summed E-state index contributed by atoms with van der Waals surface area (Å²) in [5.74, 6) is 0.262. The Bertz CT molecular complexity index is 402. The first kappa shape index (κ1) is 14.4. The van der Waals surface area contributed by atoms with E-state index in [0.29, 0.717) is 32.1 Å². The first-order chi connectivity index (χ1) is 8.65. The minimum atomic E-state index is -0.0322. The Morgan fingerprint density at radius 1 is 1.33 bits per heavy atom. The van der Waals surface area contributed by atoms with Gasteiger partial charge in [-0.2, -0.15) is 15.0 Å². The molecule has 0 unspecified atom stereocenters. The molecule has 0 radical (unpaired) electrons. The van der Waals surface area contributed by atoms with E-state index in [4.69, 9.17) is 16.3 Å². The normalized spacial score (nSPS) is 9.94. The molecule has 0 atom stereocenters. The molecule has 0 aliphatic heterocycles. The first-order valence-electron chi connectivity index (χ1n) is 5.70. The van der Waals surface area contributed by atoms with Crippen molar-refractivity contribution >= 4 is 23.5 Å². The minimum Gasteiger partial charge on any atom is -0.464 e. The molecule has 1 aromatic heterocycles. The highest BCUT2D eigenvalue weighted by molar-refractivity contribution is 6.28. The summed E-state index contributed by atoms with van der Waals surface area (Å²) in [5.41, 5.74) is 0. The van der Waals surface area contributed by atoms with E-state index >= 15 is 0 Å². The largest absolute Gasteiger partial charge is 0.464 e. The van der Waals surface area contributed by atoms with Crippen molar-refractivity contribution in [2.24, 2.45) is 0 Å². The van der Waals surface area contributed by atoms with Gasteiger partial charge in [-0.15, -0.1) is 0 Å². The molecule has 0 aliphatic rings. The number of hydrogen-bond acceptors (Lipinski definition) is 6. The Morgan fingerprint density at radius 3 is 2.78 bits per heavy atom. The van der Waals surface area contributed by atoms with Crippen LogP contribution in [0.4, 0.5) is 5.95 Å². The lowest BCUT2D eigenvalue weighted by molar-refractivity contribution is -0.120. The van der Waals surface area contributed by atoms with Crippen LogP contribution in [0.15, 0.2) is 0 Å². The molecule has 2 N–H and O–H groups in total. The number of carbonyl (C=O) groups is 1. The number of ether oxygens (including phenoxy) is 1. The van der Waals surface area contributed by atoms with Crippen LogP contribution in [-0.4, -0.2) is 40.6 Å². The molecule has 0 spiro atoms. The number of halogens is 1. The van der Waals surface area contributed by atoms with Gasteiger partial charge in [0, 0.05) is 19.5 Å². The molecule has 0 aromatic carbocycles. The quantitative estimate of drug-likeness (QED) is 0.766. The molecule has 0 saturated carbocycles. The van der Waals surface area contributed by atoms with Crippen LogP contribution in [0.25, 0.3) is 0 Å². The van der Waals surface area contributed by atoms with Crippen LogP contribution >= 0.6 is 11.6 Å². The van der Waals surface area contributed by atoms with Gasteiger partial charge in [-0.25, -0.2) is 0 Å². The maximum Gasteiger partial charge on any atom is 0.322 e. The maximum absolute atomic E-state index is 11.2. The Labute approximate surface area is 110 Å². The smallest absolute Gasteiger partial charge is 0.322 e. The van der Waals surface area contributed by atoms with Crippen LogP contribution in [0, 0.1) is 0 Å². The van der Waals surface area contributed by atoms with Crippen LogP contribution in [0.1, 0.15) is 20.3 Å². The third kappa shape index (κ3) is 5.13. The number of hydrogen-bond donors (Lipinski definition) is 2. The summed E-state index contributed by atoms with van der Waals surface area (Å²) in [6.07, 6.45) is 0.334. The minimum absolute atomic E-state index is 0.0322. The van der Waals surface area contributed by atoms with Crippen molar-refractivity contribution in [1.82, 2.24) is 20.3 Å². The van der Waals surface area contributed by atoms with E-state index < -0.39 is 0 Å². The lowest BCUT2D eigenvalue weighted by Crippen LogP contribution is -2.25. The molecule has 7 nitrogen and oxygen atoms in total. The van der Waals surface area contributed by atoms with E-state index in [9.17, 15) is 4.79 Å². The highest BCUT2D eigenvalue weighted by Gasteiger charge is 2.06. The zero-order valence-electron chi connectivity index (χ0n) is 10.4. The SMILES string of the molecule is CCNC(=O)CCNc1nc(Cl)nc(OCC)n1. The number of nitrogens with zero attached hydrogens (tertiary/aromatic N) is 3. The van der Waals surface area contributed by atoms with E-state index in [1.54, 1.807) is 0 Å². The third-order valence-electron chi connectivity index (χ3n) is 1.87. The summed E-state index contributed by atoms with van der Waals surface area (Å²) in [6, 6.07) is 0.165. The van der Waals surface area contributed by atoms with Gasteiger partial charge in [-0.05, 0) is 25.4 Å². The Kier molecular flexibility index (Phi) is 6.13. The second-order valence-electron chi connectivity index (χ2n) is 3.27. The zero-order chi connectivity index (χ0) is 13.4. The van der Waals surface area contributed by atoms with Crippen molar-refractivity contribution in [3.8, 4) is 6.01 Å². The number of amides is 1. The summed E-state index contributed by atoms with van der Waals surface area (Å²) in [7, 11) is 0. The molecule has 1 heterocycles. The standard InChI is InChI=1S/C10H16ClN5O2/c1-3-12-7(17)5-6-13-9-14-8(11)15-10(16-9)18-4-2/h3-6H2,1-2H3,(H,12,17)(H,13,14,15,16). The molecule has 18 heavy (non-hydrogen) atoms. The molecule has 8 heteroatoms. The van der Waals surface area contributed by atoms with Gasteiger partial charge < -0.3 is 15.4 Å². The number of rotatable bonds is 7. The van der Waals surface area contributed by atoms with Crippen molar-refractivity contribution in [3.63, 3.8) is 0 Å². The number of nitrogens with one attached hydrogen (secondary N) is 2. The van der Waals surface area contributed by atoms with E-state index in [1.165, 1.54) is 0 Å². The van der Waals surface area contributed by atoms with Crippen molar-refractivity contribution in [2.75, 3.05) is 25.0 Å². The van der Waals surface area contributed by atoms with Crippen LogP contribution in [0.3, 0.4) is 0 Å². The lowest BCUT2D eigenvalue weighted by Gasteiger charge is -2.06. The Hall–Kier alpha value is -1.63. The van der Waals surface area contributed by atoms with Crippen LogP contribution in [0.5, 0.6) is 6.01 Å². The molecule has 0 bridgehead atoms. The fraction of sp³-hybridized carbons (Fsp3) is 0.600. The monoisotopic (exact) mass is 273 g/mol. The second-order valence-corrected chi connectivity index (χ2v) is 3.61. The molecule has 1 amide bonds. The summed E-state index contributed by atoms with van der Waals surface area (Å²) in [4.78, 5) is 22.9. The molecular formula is C10H16ClN5O2. The van der Waals surface area contributed by atoms with Gasteiger partial charge in [0.15, 0.2) is 0 Å². The van der Waals surface area contributed by atoms with Gasteiger partial charge in [0.05, 0.1) is 6.61 Å². The summed E-state index contributed by atoms with van der Waals surface area (Å²) >= 11 is 5.72. The Morgan fingerprint density at radius 2 is 2.11 bits per heavy atom. The molecule has 0 saturated heterocycles. The van der Waals surface area contributed by atoms with Gasteiger partial charge in [-0.1, -0.05) is 0 Å². The van der Waals surface area contributed by atoms with Gasteiger partial charge in [-0.3, -0.25) is 4.79 Å². The van der Waals surface area contributed by atoms with Crippen molar-refractivity contribution < 1.29 is 9.53 Å². The molecular weight excluding hydrogens is 258 g/mol. The topological polar surface area (TPSA) is 89.0 Å². The van der Waals surface area contributed by atoms with Gasteiger partial charge in [0.2, 0.25) is 17.1 Å². The lowest BCUT2D eigenvalue weighted by atomic mass is 10.4. The van der Waals surface area contributed by atoms with Gasteiger partial charge in [0.25, 0.3) is 0 Å². The number of anilines is 1. The molecule has 1 aromatic rings. The zero-order valence-corrected chi connectivity index (χ0v) is 11.1. The molecule has 0 fully saturated rings. The van der Waals surface area contributed by atoms with Crippen LogP contribution in [-0.2, 0) is 4.79 Å². The van der Waals surface area contributed by atoms with Crippen LogP contribution < -0.4 is 15.4 Å². The first-order valence-corrected chi connectivity index (χ1v) is 6.08. The molecule has 100 valence electrons. The van der Waals surface area contributed by atoms with E-state index in [1.807, 2.05) is 13.8 Å². The maximum atomic E-state index is 11.2. The van der Waals surface area contributed by atoms with E-state index in [-0.39, 0.29) is 17.2 Å². The predicted molar refractivity (Wildman–Crippen MR) is 67.8 cm³/mol. The van der Waals surface area contributed by atoms with Crippen LogP contribution in [0.2, 0.25) is 5.28 Å². The summed E-state index contributed by atoms with van der Waals surface area (Å²) in [5, 5.41) is 5.63. The van der Waals surface area contributed by atoms with Crippen molar-refractivity contribution in [1.29, 1.82) is 0 Å². The fourth-order valence-corrected chi connectivity index (χ4v) is 1.33. The average molecular weight is 274 g/mol. The third-order valence-corrected chi connectivity index (χ3v) is 2.04. The predicted octanol–water partition coefficient (Wildman–Crippen LogP) is 0.862. The average Bonchev–Trinajstić information content (AvgIpc) is 2.29. The molecule has 0 aliphatic carbocycles. The molecule has 1 rings (SSSR count). The Balaban J connectivity index is 2.48.